The molecule has 124 valence electrons. The molecule has 1 aromatic carbocycles. The zero-order valence-electron chi connectivity index (χ0n) is 12.0. The summed E-state index contributed by atoms with van der Waals surface area (Å²) in [7, 11) is 2.50. The molecule has 0 amide bonds. The van der Waals surface area contributed by atoms with E-state index < -0.39 is 23.6 Å². The molecule has 0 bridgehead atoms. The Morgan fingerprint density at radius 1 is 1.30 bits per heavy atom. The van der Waals surface area contributed by atoms with Crippen LogP contribution in [0.1, 0.15) is 0 Å². The van der Waals surface area contributed by atoms with Crippen LogP contribution in [0.4, 0.5) is 18.9 Å². The number of fused-ring (bicyclic) bond motifs is 1. The molecule has 0 N–H and O–H groups in total. The SMILES string of the molecule is COc1cc([N+](=O)[O-])c2ccnc(OCC(F)(F)F)c2c1OC. The van der Waals surface area contributed by atoms with Gasteiger partial charge in [0.05, 0.1) is 36.0 Å². The molecule has 0 radical (unpaired) electrons. The van der Waals surface area contributed by atoms with Crippen molar-refractivity contribution in [2.24, 2.45) is 0 Å². The molecule has 0 spiro atoms. The third-order valence-electron chi connectivity index (χ3n) is 2.90. The van der Waals surface area contributed by atoms with Crippen molar-refractivity contribution in [1.29, 1.82) is 0 Å². The first-order chi connectivity index (χ1) is 10.8. The lowest BCUT2D eigenvalue weighted by atomic mass is 10.1. The zero-order valence-corrected chi connectivity index (χ0v) is 12.0. The highest BCUT2D eigenvalue weighted by molar-refractivity contribution is 6.00. The molecular weight excluding hydrogens is 321 g/mol. The highest BCUT2D eigenvalue weighted by Crippen LogP contribution is 2.44. The van der Waals surface area contributed by atoms with Crippen LogP contribution in [0.3, 0.4) is 0 Å². The third kappa shape index (κ3) is 3.35. The summed E-state index contributed by atoms with van der Waals surface area (Å²) in [5.41, 5.74) is -0.364. The van der Waals surface area contributed by atoms with Gasteiger partial charge in [-0.15, -0.1) is 0 Å². The number of aromatic nitrogens is 1. The van der Waals surface area contributed by atoms with Crippen molar-refractivity contribution in [3.63, 3.8) is 0 Å². The molecule has 2 aromatic rings. The Hall–Kier alpha value is -2.78. The minimum atomic E-state index is -4.58. The topological polar surface area (TPSA) is 83.7 Å². The summed E-state index contributed by atoms with van der Waals surface area (Å²) in [6.45, 7) is -1.59. The van der Waals surface area contributed by atoms with Gasteiger partial charge in [0, 0.05) is 6.20 Å². The van der Waals surface area contributed by atoms with Crippen LogP contribution in [0.5, 0.6) is 17.4 Å². The normalized spacial score (nSPS) is 11.3. The second-order valence-corrected chi connectivity index (χ2v) is 4.33. The number of nitro benzene ring substituents is 1. The first kappa shape index (κ1) is 16.6. The maximum absolute atomic E-state index is 12.4. The Kier molecular flexibility index (Phi) is 4.43. The molecule has 23 heavy (non-hydrogen) atoms. The number of hydrogen-bond acceptors (Lipinski definition) is 6. The number of ether oxygens (including phenoxy) is 3. The second kappa shape index (κ2) is 6.15. The fraction of sp³-hybridized carbons (Fsp3) is 0.308. The van der Waals surface area contributed by atoms with Gasteiger partial charge in [-0.25, -0.2) is 4.98 Å². The van der Waals surface area contributed by atoms with E-state index in [2.05, 4.69) is 9.72 Å². The zero-order chi connectivity index (χ0) is 17.2. The molecule has 2 rings (SSSR count). The monoisotopic (exact) mass is 332 g/mol. The number of rotatable bonds is 5. The van der Waals surface area contributed by atoms with Gasteiger partial charge in [-0.2, -0.15) is 13.2 Å². The standard InChI is InChI=1S/C13H11F3N2O5/c1-21-9-5-8(18(19)20)7-3-4-17-12(10(7)11(9)22-2)23-6-13(14,15)16/h3-5H,6H2,1-2H3. The lowest BCUT2D eigenvalue weighted by molar-refractivity contribution is -0.383. The van der Waals surface area contributed by atoms with Crippen LogP contribution < -0.4 is 14.2 Å². The Balaban J connectivity index is 2.73. The highest BCUT2D eigenvalue weighted by Gasteiger charge is 2.30. The molecule has 0 saturated heterocycles. The van der Waals surface area contributed by atoms with Crippen molar-refractivity contribution in [3.05, 3.63) is 28.4 Å². The first-order valence-electron chi connectivity index (χ1n) is 6.16. The number of benzene rings is 1. The van der Waals surface area contributed by atoms with Gasteiger partial charge in [0.15, 0.2) is 18.1 Å². The number of halogens is 3. The summed E-state index contributed by atoms with van der Waals surface area (Å²) >= 11 is 0. The van der Waals surface area contributed by atoms with Gasteiger partial charge in [0.1, 0.15) is 0 Å². The number of alkyl halides is 3. The molecule has 0 aliphatic heterocycles. The van der Waals surface area contributed by atoms with Crippen molar-refractivity contribution in [2.45, 2.75) is 6.18 Å². The summed E-state index contributed by atoms with van der Waals surface area (Å²) in [6, 6.07) is 2.41. The lowest BCUT2D eigenvalue weighted by Crippen LogP contribution is -2.19. The van der Waals surface area contributed by atoms with Gasteiger partial charge in [0.25, 0.3) is 5.69 Å². The molecule has 1 aromatic heterocycles. The van der Waals surface area contributed by atoms with Crippen molar-refractivity contribution >= 4 is 16.5 Å². The fourth-order valence-electron chi connectivity index (χ4n) is 2.03. The van der Waals surface area contributed by atoms with E-state index in [1.165, 1.54) is 20.3 Å². The van der Waals surface area contributed by atoms with Crippen LogP contribution in [0, 0.1) is 10.1 Å². The summed E-state index contributed by atoms with van der Waals surface area (Å²) in [4.78, 5) is 14.2. The molecule has 10 heteroatoms. The number of nitrogens with zero attached hydrogens (tertiary/aromatic N) is 2. The van der Waals surface area contributed by atoms with E-state index in [0.29, 0.717) is 0 Å². The smallest absolute Gasteiger partial charge is 0.422 e. The molecule has 0 fully saturated rings. The van der Waals surface area contributed by atoms with Gasteiger partial charge in [-0.05, 0) is 6.07 Å². The number of hydrogen-bond donors (Lipinski definition) is 0. The van der Waals surface area contributed by atoms with E-state index in [1.54, 1.807) is 0 Å². The predicted octanol–water partition coefficient (Wildman–Crippen LogP) is 3.10. The van der Waals surface area contributed by atoms with Crippen LogP contribution in [-0.2, 0) is 0 Å². The number of non-ortho nitro benzene ring substituents is 1. The molecule has 0 saturated carbocycles. The first-order valence-corrected chi connectivity index (χ1v) is 6.16. The van der Waals surface area contributed by atoms with Gasteiger partial charge in [0.2, 0.25) is 5.88 Å². The van der Waals surface area contributed by atoms with E-state index in [0.717, 1.165) is 12.3 Å². The van der Waals surface area contributed by atoms with Crippen LogP contribution in [0.15, 0.2) is 18.3 Å². The third-order valence-corrected chi connectivity index (χ3v) is 2.90. The van der Waals surface area contributed by atoms with Crippen LogP contribution >= 0.6 is 0 Å². The Bertz CT molecular complexity index is 748. The van der Waals surface area contributed by atoms with Crippen LogP contribution in [0.25, 0.3) is 10.8 Å². The Morgan fingerprint density at radius 2 is 2.00 bits per heavy atom. The number of pyridine rings is 1. The minimum absolute atomic E-state index is 0.00151. The van der Waals surface area contributed by atoms with Crippen molar-refractivity contribution in [1.82, 2.24) is 4.98 Å². The minimum Gasteiger partial charge on any atom is -0.493 e. The average molecular weight is 332 g/mol. The van der Waals surface area contributed by atoms with E-state index in [4.69, 9.17) is 9.47 Å². The fourth-order valence-corrected chi connectivity index (χ4v) is 2.03. The highest BCUT2D eigenvalue weighted by atomic mass is 19.4. The Labute approximate surface area is 127 Å². The summed E-state index contributed by atoms with van der Waals surface area (Å²) in [6.07, 6.45) is -3.46. The second-order valence-electron chi connectivity index (χ2n) is 4.33. The molecule has 0 atom stereocenters. The molecule has 0 aliphatic carbocycles. The van der Waals surface area contributed by atoms with Gasteiger partial charge < -0.3 is 14.2 Å². The van der Waals surface area contributed by atoms with Gasteiger partial charge >= 0.3 is 6.18 Å². The van der Waals surface area contributed by atoms with Crippen LogP contribution in [-0.4, -0.2) is 36.9 Å². The summed E-state index contributed by atoms with van der Waals surface area (Å²) in [5.74, 6) is -0.450. The Morgan fingerprint density at radius 3 is 2.52 bits per heavy atom. The van der Waals surface area contributed by atoms with Crippen molar-refractivity contribution in [3.8, 4) is 17.4 Å². The maximum Gasteiger partial charge on any atom is 0.422 e. The summed E-state index contributed by atoms with van der Waals surface area (Å²) < 4.78 is 51.9. The molecule has 0 aliphatic rings. The van der Waals surface area contributed by atoms with Gasteiger partial charge in [-0.1, -0.05) is 0 Å². The molecule has 1 heterocycles. The van der Waals surface area contributed by atoms with E-state index >= 15 is 0 Å². The summed E-state index contributed by atoms with van der Waals surface area (Å²) in [5, 5.41) is 11.1. The quantitative estimate of drug-likeness (QED) is 0.618. The number of nitro groups is 1. The van der Waals surface area contributed by atoms with E-state index in [-0.39, 0.29) is 28.0 Å². The molecule has 7 nitrogen and oxygen atoms in total. The molecule has 0 unspecified atom stereocenters. The molecular formula is C13H11F3N2O5. The van der Waals surface area contributed by atoms with E-state index in [1.807, 2.05) is 0 Å². The van der Waals surface area contributed by atoms with Gasteiger partial charge in [-0.3, -0.25) is 10.1 Å². The maximum atomic E-state index is 12.4. The van der Waals surface area contributed by atoms with Crippen molar-refractivity contribution < 1.29 is 32.3 Å². The van der Waals surface area contributed by atoms with Crippen molar-refractivity contribution in [2.75, 3.05) is 20.8 Å². The van der Waals surface area contributed by atoms with E-state index in [9.17, 15) is 23.3 Å². The van der Waals surface area contributed by atoms with Crippen LogP contribution in [0.2, 0.25) is 0 Å². The largest absolute Gasteiger partial charge is 0.493 e. The predicted molar refractivity (Wildman–Crippen MR) is 73.1 cm³/mol. The average Bonchev–Trinajstić information content (AvgIpc) is 2.49. The lowest BCUT2D eigenvalue weighted by Gasteiger charge is -2.15. The number of methoxy groups -OCH3 is 2.